The molecule has 0 bridgehead atoms. The maximum Gasteiger partial charge on any atom is 0.416 e. The van der Waals surface area contributed by atoms with E-state index in [2.05, 4.69) is 0 Å². The molecule has 2 aromatic rings. The van der Waals surface area contributed by atoms with Gasteiger partial charge in [0.2, 0.25) is 5.91 Å². The van der Waals surface area contributed by atoms with Gasteiger partial charge in [-0.3, -0.25) is 14.9 Å². The van der Waals surface area contributed by atoms with Crippen molar-refractivity contribution in [2.75, 3.05) is 29.9 Å². The summed E-state index contributed by atoms with van der Waals surface area (Å²) in [4.78, 5) is 26.3. The van der Waals surface area contributed by atoms with Crippen molar-refractivity contribution in [1.29, 1.82) is 0 Å². The zero-order chi connectivity index (χ0) is 22.1. The summed E-state index contributed by atoms with van der Waals surface area (Å²) in [6.07, 6.45) is -3.89. The van der Waals surface area contributed by atoms with Gasteiger partial charge in [-0.2, -0.15) is 13.2 Å². The number of piperidine rings is 1. The van der Waals surface area contributed by atoms with E-state index < -0.39 is 28.2 Å². The summed E-state index contributed by atoms with van der Waals surface area (Å²) in [6, 6.07) is 7.96. The molecule has 0 N–H and O–H groups in total. The van der Waals surface area contributed by atoms with Crippen molar-refractivity contribution in [2.24, 2.45) is 5.92 Å². The summed E-state index contributed by atoms with van der Waals surface area (Å²) in [6.45, 7) is 0.583. The highest BCUT2D eigenvalue weighted by atomic mass is 19.4. The zero-order valence-corrected chi connectivity index (χ0v) is 16.0. The molecule has 160 valence electrons. The minimum absolute atomic E-state index is 0.103. The predicted octanol–water partition coefficient (Wildman–Crippen LogP) is 4.63. The summed E-state index contributed by atoms with van der Waals surface area (Å²) < 4.78 is 51.7. The molecule has 0 atom stereocenters. The molecule has 1 amide bonds. The van der Waals surface area contributed by atoms with Crippen LogP contribution >= 0.6 is 0 Å². The van der Waals surface area contributed by atoms with E-state index in [1.165, 1.54) is 29.2 Å². The van der Waals surface area contributed by atoms with Gasteiger partial charge in [0.05, 0.1) is 10.5 Å². The molecule has 0 spiro atoms. The number of carbonyl (C=O) groups excluding carboxylic acids is 1. The molecule has 1 fully saturated rings. The first-order chi connectivity index (χ1) is 14.1. The molecule has 6 nitrogen and oxygen atoms in total. The fourth-order valence-electron chi connectivity index (χ4n) is 3.55. The maximum atomic E-state index is 13.1. The molecule has 2 aromatic carbocycles. The van der Waals surface area contributed by atoms with E-state index >= 15 is 0 Å². The smallest absolute Gasteiger partial charge is 0.366 e. The molecule has 0 saturated carbocycles. The Hall–Kier alpha value is -3.17. The lowest BCUT2D eigenvalue weighted by molar-refractivity contribution is -0.384. The number of benzene rings is 2. The number of hydrogen-bond acceptors (Lipinski definition) is 4. The number of carbonyl (C=O) groups is 1. The number of nitrogens with zero attached hydrogens (tertiary/aromatic N) is 3. The van der Waals surface area contributed by atoms with E-state index in [0.29, 0.717) is 37.7 Å². The topological polar surface area (TPSA) is 66.7 Å². The van der Waals surface area contributed by atoms with E-state index in [-0.39, 0.29) is 17.5 Å². The van der Waals surface area contributed by atoms with Gasteiger partial charge >= 0.3 is 6.18 Å². The van der Waals surface area contributed by atoms with Crippen LogP contribution in [-0.4, -0.2) is 31.0 Å². The van der Waals surface area contributed by atoms with Crippen LogP contribution in [0.25, 0.3) is 0 Å². The van der Waals surface area contributed by atoms with Gasteiger partial charge in [-0.1, -0.05) is 0 Å². The first-order valence-corrected chi connectivity index (χ1v) is 9.21. The summed E-state index contributed by atoms with van der Waals surface area (Å²) in [5.74, 6) is -0.918. The normalized spacial score (nSPS) is 15.2. The SMILES string of the molecule is CN(C(=O)C1CCN(c2ccc(C(F)(F)F)cc2[N+](=O)[O-])CC1)c1ccc(F)cc1. The second-order valence-electron chi connectivity index (χ2n) is 7.09. The standard InChI is InChI=1S/C20H19F4N3O3/c1-25(16-5-3-15(21)4-6-16)19(28)13-8-10-26(11-9-13)17-7-2-14(20(22,23)24)12-18(17)27(29)30/h2-7,12-13H,8-11H2,1H3. The molecular weight excluding hydrogens is 406 g/mol. The number of hydrogen-bond donors (Lipinski definition) is 0. The van der Waals surface area contributed by atoms with Crippen molar-refractivity contribution >= 4 is 23.0 Å². The van der Waals surface area contributed by atoms with Crippen molar-refractivity contribution in [2.45, 2.75) is 19.0 Å². The Labute approximate surface area is 169 Å². The highest BCUT2D eigenvalue weighted by Gasteiger charge is 2.35. The second-order valence-corrected chi connectivity index (χ2v) is 7.09. The number of nitro groups is 1. The fraction of sp³-hybridized carbons (Fsp3) is 0.350. The largest absolute Gasteiger partial charge is 0.416 e. The van der Waals surface area contributed by atoms with Gasteiger partial charge in [0, 0.05) is 37.8 Å². The highest BCUT2D eigenvalue weighted by Crippen LogP contribution is 2.38. The highest BCUT2D eigenvalue weighted by molar-refractivity contribution is 5.94. The molecule has 0 aliphatic carbocycles. The quantitative estimate of drug-likeness (QED) is 0.407. The summed E-state index contributed by atoms with van der Waals surface area (Å²) in [5, 5.41) is 11.3. The predicted molar refractivity (Wildman–Crippen MR) is 103 cm³/mol. The number of anilines is 2. The summed E-state index contributed by atoms with van der Waals surface area (Å²) in [5.41, 5.74) is -1.05. The molecule has 1 heterocycles. The Kier molecular flexibility index (Phi) is 5.95. The van der Waals surface area contributed by atoms with Crippen LogP contribution in [0.5, 0.6) is 0 Å². The van der Waals surface area contributed by atoms with Crippen molar-refractivity contribution < 1.29 is 27.3 Å². The van der Waals surface area contributed by atoms with Gasteiger partial charge in [0.1, 0.15) is 11.5 Å². The Morgan fingerprint density at radius 3 is 2.27 bits per heavy atom. The van der Waals surface area contributed by atoms with Crippen LogP contribution in [0.15, 0.2) is 42.5 Å². The number of halogens is 4. The molecule has 30 heavy (non-hydrogen) atoms. The third kappa shape index (κ3) is 4.52. The van der Waals surface area contributed by atoms with Gasteiger partial charge < -0.3 is 9.80 Å². The number of alkyl halides is 3. The Bertz CT molecular complexity index is 939. The van der Waals surface area contributed by atoms with Gasteiger partial charge in [-0.25, -0.2) is 4.39 Å². The lowest BCUT2D eigenvalue weighted by Crippen LogP contribution is -2.41. The van der Waals surface area contributed by atoms with Gasteiger partial charge in [0.15, 0.2) is 0 Å². The molecule has 0 radical (unpaired) electrons. The van der Waals surface area contributed by atoms with Crippen LogP contribution in [0.4, 0.5) is 34.6 Å². The van der Waals surface area contributed by atoms with E-state index in [1.54, 1.807) is 11.9 Å². The number of amides is 1. The van der Waals surface area contributed by atoms with Crippen LogP contribution in [0, 0.1) is 21.8 Å². The molecule has 0 unspecified atom stereocenters. The molecule has 1 aliphatic rings. The molecule has 3 rings (SSSR count). The average Bonchev–Trinajstić information content (AvgIpc) is 2.72. The Balaban J connectivity index is 1.71. The second kappa shape index (κ2) is 8.29. The first-order valence-electron chi connectivity index (χ1n) is 9.21. The van der Waals surface area contributed by atoms with Crippen molar-refractivity contribution in [3.8, 4) is 0 Å². The summed E-state index contributed by atoms with van der Waals surface area (Å²) >= 11 is 0. The molecule has 0 aromatic heterocycles. The lowest BCUT2D eigenvalue weighted by Gasteiger charge is -2.34. The van der Waals surface area contributed by atoms with E-state index in [1.807, 2.05) is 0 Å². The third-order valence-electron chi connectivity index (χ3n) is 5.23. The van der Waals surface area contributed by atoms with Crippen molar-refractivity contribution in [1.82, 2.24) is 0 Å². The number of rotatable bonds is 4. The van der Waals surface area contributed by atoms with Gasteiger partial charge in [-0.05, 0) is 49.2 Å². The van der Waals surface area contributed by atoms with Gasteiger partial charge in [0.25, 0.3) is 5.69 Å². The van der Waals surface area contributed by atoms with Gasteiger partial charge in [-0.15, -0.1) is 0 Å². The molecular formula is C20H19F4N3O3. The monoisotopic (exact) mass is 425 g/mol. The minimum Gasteiger partial charge on any atom is -0.366 e. The van der Waals surface area contributed by atoms with Crippen LogP contribution in [0.3, 0.4) is 0 Å². The van der Waals surface area contributed by atoms with Crippen LogP contribution in [0.1, 0.15) is 18.4 Å². The van der Waals surface area contributed by atoms with Crippen molar-refractivity contribution in [3.05, 3.63) is 64.0 Å². The minimum atomic E-state index is -4.67. The van der Waals surface area contributed by atoms with E-state index in [9.17, 15) is 32.5 Å². The Morgan fingerprint density at radius 2 is 1.73 bits per heavy atom. The number of nitro benzene ring substituents is 1. The lowest BCUT2D eigenvalue weighted by atomic mass is 9.94. The van der Waals surface area contributed by atoms with E-state index in [4.69, 9.17) is 0 Å². The molecule has 1 aliphatic heterocycles. The van der Waals surface area contributed by atoms with Crippen LogP contribution < -0.4 is 9.80 Å². The molecule has 1 saturated heterocycles. The fourth-order valence-corrected chi connectivity index (χ4v) is 3.55. The average molecular weight is 425 g/mol. The zero-order valence-electron chi connectivity index (χ0n) is 16.0. The third-order valence-corrected chi connectivity index (χ3v) is 5.23. The van der Waals surface area contributed by atoms with E-state index in [0.717, 1.165) is 12.1 Å². The van der Waals surface area contributed by atoms with Crippen LogP contribution in [-0.2, 0) is 11.0 Å². The first kappa shape index (κ1) is 21.5. The molecule has 10 heteroatoms. The van der Waals surface area contributed by atoms with Crippen molar-refractivity contribution in [3.63, 3.8) is 0 Å². The Morgan fingerprint density at radius 1 is 1.13 bits per heavy atom. The van der Waals surface area contributed by atoms with Crippen LogP contribution in [0.2, 0.25) is 0 Å². The maximum absolute atomic E-state index is 13.1. The summed E-state index contributed by atoms with van der Waals surface area (Å²) in [7, 11) is 1.59.